The molecule has 0 bridgehead atoms. The lowest BCUT2D eigenvalue weighted by molar-refractivity contribution is -0.158. The van der Waals surface area contributed by atoms with Crippen LogP contribution in [0.2, 0.25) is 0 Å². The monoisotopic (exact) mass is 681 g/mol. The molecule has 10 heteroatoms. The minimum Gasteiger partial charge on any atom is -0.456 e. The van der Waals surface area contributed by atoms with E-state index >= 15 is 0 Å². The Morgan fingerprint density at radius 2 is 1.59 bits per heavy atom. The average Bonchev–Trinajstić information content (AvgIpc) is 3.59. The molecular formula is C39H63N5O5. The van der Waals surface area contributed by atoms with Crippen LogP contribution in [0.5, 0.6) is 0 Å². The number of esters is 1. The Labute approximate surface area is 295 Å². The number of likely N-dealkylation sites (tertiary alicyclic amines) is 2. The average molecular weight is 682 g/mol. The van der Waals surface area contributed by atoms with Gasteiger partial charge < -0.3 is 24.8 Å². The molecule has 1 N–H and O–H groups in total. The van der Waals surface area contributed by atoms with Crippen molar-refractivity contribution < 1.29 is 23.9 Å². The van der Waals surface area contributed by atoms with Crippen molar-refractivity contribution >= 4 is 23.7 Å². The summed E-state index contributed by atoms with van der Waals surface area (Å²) in [5.74, 6) is -1.01. The summed E-state index contributed by atoms with van der Waals surface area (Å²) in [5.41, 5.74) is 1.43. The highest BCUT2D eigenvalue weighted by atomic mass is 16.5. The second kappa shape index (κ2) is 19.2. The topological polar surface area (TPSA) is 102 Å². The van der Waals surface area contributed by atoms with E-state index in [1.807, 2.05) is 71.2 Å². The summed E-state index contributed by atoms with van der Waals surface area (Å²) in [6, 6.07) is 7.85. The molecule has 2 saturated heterocycles. The minimum absolute atomic E-state index is 0.00136. The van der Waals surface area contributed by atoms with E-state index in [1.54, 1.807) is 23.8 Å². The van der Waals surface area contributed by atoms with Gasteiger partial charge in [0.05, 0.1) is 12.1 Å². The van der Waals surface area contributed by atoms with Gasteiger partial charge in [0, 0.05) is 32.1 Å². The summed E-state index contributed by atoms with van der Waals surface area (Å²) in [4.78, 5) is 62.5. The Morgan fingerprint density at radius 3 is 2.18 bits per heavy atom. The van der Waals surface area contributed by atoms with E-state index in [1.165, 1.54) is 0 Å². The fourth-order valence-electron chi connectivity index (χ4n) is 7.12. The molecule has 2 heterocycles. The number of nitrogens with zero attached hydrogens (tertiary/aromatic N) is 4. The van der Waals surface area contributed by atoms with Crippen LogP contribution in [0.4, 0.5) is 0 Å². The molecule has 1 aromatic carbocycles. The SMILES string of the molecule is CCN(CC)CCC(OC(=O)C1CCCN1C(=O)/C(C)=C/[C@H](C(C)C)N(C)C(=O)C(NC(=O)C1CCCCN1C)C(C)C)c1ccccc1. The van der Waals surface area contributed by atoms with Crippen molar-refractivity contribution in [1.82, 2.24) is 24.9 Å². The standard InChI is InChI=1S/C39H63N5O5/c1-10-43(11-2)25-22-34(30-18-13-12-14-19-30)49-39(48)32-21-17-24-44(32)37(46)29(7)26-33(27(3)4)42(9)38(47)35(28(5)6)40-36(45)31-20-15-16-23-41(31)8/h12-14,18-19,26-28,31-35H,10-11,15-17,20-25H2,1-9H3,(H,40,45)/b29-26+/t31?,32?,33-,34?,35?/m1/s1. The third-order valence-electron chi connectivity index (χ3n) is 10.4. The number of hydrogen-bond acceptors (Lipinski definition) is 7. The van der Waals surface area contributed by atoms with Crippen molar-refractivity contribution in [2.75, 3.05) is 46.8 Å². The normalized spacial score (nSPS) is 20.7. The summed E-state index contributed by atoms with van der Waals surface area (Å²) in [6.45, 7) is 17.9. The van der Waals surface area contributed by atoms with Gasteiger partial charge >= 0.3 is 5.97 Å². The zero-order valence-electron chi connectivity index (χ0n) is 31.6. The third kappa shape index (κ3) is 10.9. The van der Waals surface area contributed by atoms with Crippen LogP contribution in [-0.4, -0.2) is 114 Å². The molecule has 0 radical (unpaired) electrons. The second-order valence-corrected chi connectivity index (χ2v) is 14.6. The molecule has 10 nitrogen and oxygen atoms in total. The number of carbonyl (C=O) groups is 4. The number of amides is 3. The molecule has 2 fully saturated rings. The number of rotatable bonds is 16. The highest BCUT2D eigenvalue weighted by Crippen LogP contribution is 2.28. The van der Waals surface area contributed by atoms with Gasteiger partial charge in [0.2, 0.25) is 17.7 Å². The van der Waals surface area contributed by atoms with Gasteiger partial charge in [-0.3, -0.25) is 19.3 Å². The summed E-state index contributed by atoms with van der Waals surface area (Å²) in [6.07, 6.45) is 6.22. The Kier molecular flexibility index (Phi) is 15.8. The van der Waals surface area contributed by atoms with E-state index in [0.29, 0.717) is 31.4 Å². The van der Waals surface area contributed by atoms with Crippen LogP contribution in [0.1, 0.15) is 98.7 Å². The molecule has 4 unspecified atom stereocenters. The number of nitrogens with one attached hydrogen (secondary N) is 1. The maximum Gasteiger partial charge on any atom is 0.329 e. The highest BCUT2D eigenvalue weighted by molar-refractivity contribution is 5.96. The van der Waals surface area contributed by atoms with Gasteiger partial charge in [-0.15, -0.1) is 0 Å². The summed E-state index contributed by atoms with van der Waals surface area (Å²) in [5, 5.41) is 3.06. The van der Waals surface area contributed by atoms with E-state index in [9.17, 15) is 19.2 Å². The first kappa shape index (κ1) is 40.2. The lowest BCUT2D eigenvalue weighted by Crippen LogP contribution is -2.57. The first-order valence-corrected chi connectivity index (χ1v) is 18.5. The van der Waals surface area contributed by atoms with Crippen LogP contribution in [0, 0.1) is 11.8 Å². The summed E-state index contributed by atoms with van der Waals surface area (Å²) >= 11 is 0. The van der Waals surface area contributed by atoms with E-state index in [2.05, 4.69) is 29.0 Å². The summed E-state index contributed by atoms with van der Waals surface area (Å²) in [7, 11) is 3.70. The van der Waals surface area contributed by atoms with Crippen LogP contribution in [0.3, 0.4) is 0 Å². The van der Waals surface area contributed by atoms with E-state index < -0.39 is 18.2 Å². The number of ether oxygens (including phenoxy) is 1. The predicted molar refractivity (Wildman–Crippen MR) is 195 cm³/mol. The number of benzene rings is 1. The molecule has 274 valence electrons. The second-order valence-electron chi connectivity index (χ2n) is 14.6. The van der Waals surface area contributed by atoms with Crippen molar-refractivity contribution in [1.29, 1.82) is 0 Å². The zero-order valence-corrected chi connectivity index (χ0v) is 31.6. The fourth-order valence-corrected chi connectivity index (χ4v) is 7.12. The van der Waals surface area contributed by atoms with Gasteiger partial charge in [-0.25, -0.2) is 4.79 Å². The van der Waals surface area contributed by atoms with Gasteiger partial charge in [0.15, 0.2) is 0 Å². The lowest BCUT2D eigenvalue weighted by Gasteiger charge is -2.36. The molecule has 5 atom stereocenters. The van der Waals surface area contributed by atoms with Gasteiger partial charge in [-0.05, 0) is 76.7 Å². The van der Waals surface area contributed by atoms with Gasteiger partial charge in [-0.2, -0.15) is 0 Å². The highest BCUT2D eigenvalue weighted by Gasteiger charge is 2.38. The Bertz CT molecular complexity index is 1260. The first-order valence-electron chi connectivity index (χ1n) is 18.5. The predicted octanol–water partition coefficient (Wildman–Crippen LogP) is 5.05. The number of piperidine rings is 1. The molecule has 2 aliphatic heterocycles. The van der Waals surface area contributed by atoms with Gasteiger partial charge in [-0.1, -0.05) is 84.4 Å². The van der Waals surface area contributed by atoms with Gasteiger partial charge in [0.1, 0.15) is 18.2 Å². The lowest BCUT2D eigenvalue weighted by atomic mass is 9.96. The maximum atomic E-state index is 13.9. The Morgan fingerprint density at radius 1 is 0.939 bits per heavy atom. The molecule has 3 rings (SSSR count). The molecule has 0 aromatic heterocycles. The van der Waals surface area contributed by atoms with Crippen molar-refractivity contribution in [2.24, 2.45) is 11.8 Å². The Balaban J connectivity index is 1.74. The smallest absolute Gasteiger partial charge is 0.329 e. The van der Waals surface area contributed by atoms with E-state index in [0.717, 1.165) is 51.0 Å². The largest absolute Gasteiger partial charge is 0.456 e. The van der Waals surface area contributed by atoms with Crippen LogP contribution < -0.4 is 5.32 Å². The molecule has 1 aromatic rings. The zero-order chi connectivity index (χ0) is 36.2. The van der Waals surface area contributed by atoms with Crippen molar-refractivity contribution in [2.45, 2.75) is 117 Å². The maximum absolute atomic E-state index is 13.9. The molecule has 3 amide bonds. The van der Waals surface area contributed by atoms with E-state index in [4.69, 9.17) is 4.74 Å². The first-order chi connectivity index (χ1) is 23.3. The Hall–Kier alpha value is -3.24. The van der Waals surface area contributed by atoms with E-state index in [-0.39, 0.29) is 47.6 Å². The minimum atomic E-state index is -0.685. The van der Waals surface area contributed by atoms with Crippen LogP contribution in [0.25, 0.3) is 0 Å². The van der Waals surface area contributed by atoms with Crippen LogP contribution in [-0.2, 0) is 23.9 Å². The van der Waals surface area contributed by atoms with Crippen LogP contribution in [0.15, 0.2) is 42.0 Å². The molecule has 0 spiro atoms. The van der Waals surface area contributed by atoms with Crippen LogP contribution >= 0.6 is 0 Å². The number of carbonyl (C=O) groups excluding carboxylic acids is 4. The molecule has 2 aliphatic rings. The quantitative estimate of drug-likeness (QED) is 0.193. The fraction of sp³-hybridized carbons (Fsp3) is 0.692. The molecule has 0 saturated carbocycles. The molecule has 0 aliphatic carbocycles. The summed E-state index contributed by atoms with van der Waals surface area (Å²) < 4.78 is 6.17. The molecular weight excluding hydrogens is 618 g/mol. The number of hydrogen-bond donors (Lipinski definition) is 1. The van der Waals surface area contributed by atoms with Gasteiger partial charge in [0.25, 0.3) is 0 Å². The van der Waals surface area contributed by atoms with Crippen molar-refractivity contribution in [3.05, 3.63) is 47.5 Å². The number of likely N-dealkylation sites (N-methyl/N-ethyl adjacent to an activating group) is 2. The van der Waals surface area contributed by atoms with Crippen molar-refractivity contribution in [3.8, 4) is 0 Å². The molecule has 49 heavy (non-hydrogen) atoms. The third-order valence-corrected chi connectivity index (χ3v) is 10.4. The van der Waals surface area contributed by atoms with Crippen molar-refractivity contribution in [3.63, 3.8) is 0 Å².